The first kappa shape index (κ1) is 17.8. The van der Waals surface area contributed by atoms with Crippen molar-refractivity contribution < 1.29 is 9.53 Å². The maximum Gasteiger partial charge on any atom is 0.254 e. The van der Waals surface area contributed by atoms with Gasteiger partial charge >= 0.3 is 0 Å². The smallest absolute Gasteiger partial charge is 0.254 e. The molecule has 0 saturated heterocycles. The molecule has 1 fully saturated rings. The normalized spacial score (nSPS) is 15.7. The number of hydrogen-bond donors (Lipinski definition) is 2. The van der Waals surface area contributed by atoms with Crippen molar-refractivity contribution in [2.45, 2.75) is 45.1 Å². The van der Waals surface area contributed by atoms with Crippen molar-refractivity contribution in [3.8, 4) is 5.75 Å². The highest BCUT2D eigenvalue weighted by molar-refractivity contribution is 6.30. The lowest BCUT2D eigenvalue weighted by Gasteiger charge is -2.22. The predicted molar refractivity (Wildman–Crippen MR) is 93.2 cm³/mol. The van der Waals surface area contributed by atoms with Gasteiger partial charge in [0.05, 0.1) is 19.4 Å². The molecule has 1 aliphatic carbocycles. The lowest BCUT2D eigenvalue weighted by atomic mass is 9.95. The molecule has 0 bridgehead atoms. The molecule has 1 saturated carbocycles. The zero-order chi connectivity index (χ0) is 16.5. The summed E-state index contributed by atoms with van der Waals surface area (Å²) in [6.07, 6.45) is 7.64. The standard InChI is InChI=1S/C17H24ClN3O2/c1-2-23-16-9-8-14(18)10-13(16)11-20-21-17(22)12-19-15-6-4-3-5-7-15/h8-11,15,19H,2-7,12H2,1H3,(H,21,22)/b20-11-. The first-order valence-electron chi connectivity index (χ1n) is 8.16. The molecule has 1 aromatic carbocycles. The second-order valence-electron chi connectivity index (χ2n) is 5.62. The summed E-state index contributed by atoms with van der Waals surface area (Å²) in [6, 6.07) is 5.76. The maximum absolute atomic E-state index is 11.8. The second kappa shape index (κ2) is 9.53. The van der Waals surface area contributed by atoms with Crippen LogP contribution in [0.5, 0.6) is 5.75 Å². The summed E-state index contributed by atoms with van der Waals surface area (Å²) in [5.41, 5.74) is 3.26. The van der Waals surface area contributed by atoms with E-state index in [1.165, 1.54) is 19.3 Å². The Labute approximate surface area is 142 Å². The van der Waals surface area contributed by atoms with E-state index in [1.54, 1.807) is 24.4 Å². The van der Waals surface area contributed by atoms with Crippen LogP contribution in [0.15, 0.2) is 23.3 Å². The van der Waals surface area contributed by atoms with Gasteiger partial charge in [0, 0.05) is 16.6 Å². The van der Waals surface area contributed by atoms with Crippen molar-refractivity contribution in [3.05, 3.63) is 28.8 Å². The Kier molecular flexibility index (Phi) is 7.36. The molecule has 5 nitrogen and oxygen atoms in total. The van der Waals surface area contributed by atoms with E-state index in [9.17, 15) is 4.79 Å². The number of hydrazone groups is 1. The zero-order valence-electron chi connectivity index (χ0n) is 13.5. The highest BCUT2D eigenvalue weighted by atomic mass is 35.5. The summed E-state index contributed by atoms with van der Waals surface area (Å²) in [6.45, 7) is 2.75. The van der Waals surface area contributed by atoms with Crippen LogP contribution in [0.4, 0.5) is 0 Å². The van der Waals surface area contributed by atoms with Gasteiger partial charge in [-0.25, -0.2) is 5.43 Å². The van der Waals surface area contributed by atoms with E-state index in [2.05, 4.69) is 15.8 Å². The number of amides is 1. The number of benzene rings is 1. The Morgan fingerprint density at radius 2 is 2.17 bits per heavy atom. The van der Waals surface area contributed by atoms with Gasteiger partial charge < -0.3 is 10.1 Å². The molecule has 1 aliphatic rings. The van der Waals surface area contributed by atoms with Gasteiger partial charge in [-0.15, -0.1) is 0 Å². The second-order valence-corrected chi connectivity index (χ2v) is 6.06. The molecule has 0 atom stereocenters. The van der Waals surface area contributed by atoms with Crippen molar-refractivity contribution in [3.63, 3.8) is 0 Å². The fraction of sp³-hybridized carbons (Fsp3) is 0.529. The maximum atomic E-state index is 11.8. The molecule has 126 valence electrons. The summed E-state index contributed by atoms with van der Waals surface area (Å²) >= 11 is 5.98. The average molecular weight is 338 g/mol. The van der Waals surface area contributed by atoms with Gasteiger partial charge in [-0.2, -0.15) is 5.10 Å². The highest BCUT2D eigenvalue weighted by Crippen LogP contribution is 2.21. The summed E-state index contributed by atoms with van der Waals surface area (Å²) in [5, 5.41) is 7.86. The van der Waals surface area contributed by atoms with Crippen molar-refractivity contribution in [1.29, 1.82) is 0 Å². The van der Waals surface area contributed by atoms with E-state index >= 15 is 0 Å². The zero-order valence-corrected chi connectivity index (χ0v) is 14.2. The first-order chi connectivity index (χ1) is 11.2. The minimum absolute atomic E-state index is 0.146. The third-order valence-corrected chi connectivity index (χ3v) is 4.06. The SMILES string of the molecule is CCOc1ccc(Cl)cc1/C=N\NC(=O)CNC1CCCCC1. The Morgan fingerprint density at radius 3 is 2.91 bits per heavy atom. The molecule has 0 spiro atoms. The van der Waals surface area contributed by atoms with Crippen LogP contribution in [0.1, 0.15) is 44.6 Å². The van der Waals surface area contributed by atoms with Crippen LogP contribution < -0.4 is 15.5 Å². The molecule has 2 rings (SSSR count). The third kappa shape index (κ3) is 6.20. The first-order valence-corrected chi connectivity index (χ1v) is 8.54. The Bertz CT molecular complexity index is 543. The van der Waals surface area contributed by atoms with Crippen molar-refractivity contribution in [2.75, 3.05) is 13.2 Å². The minimum atomic E-state index is -0.146. The highest BCUT2D eigenvalue weighted by Gasteiger charge is 2.13. The van der Waals surface area contributed by atoms with Gasteiger partial charge in [0.25, 0.3) is 5.91 Å². The van der Waals surface area contributed by atoms with E-state index in [1.807, 2.05) is 6.92 Å². The van der Waals surface area contributed by atoms with Gasteiger partial charge in [0.15, 0.2) is 0 Å². The van der Waals surface area contributed by atoms with Gasteiger partial charge in [-0.3, -0.25) is 4.79 Å². The molecule has 0 aromatic heterocycles. The predicted octanol–water partition coefficient (Wildman–Crippen LogP) is 3.11. The van der Waals surface area contributed by atoms with Crippen molar-refractivity contribution >= 4 is 23.7 Å². The fourth-order valence-electron chi connectivity index (χ4n) is 2.66. The van der Waals surface area contributed by atoms with E-state index < -0.39 is 0 Å². The Morgan fingerprint density at radius 1 is 1.39 bits per heavy atom. The van der Waals surface area contributed by atoms with E-state index in [0.717, 1.165) is 18.4 Å². The Balaban J connectivity index is 1.81. The molecular formula is C17H24ClN3O2. The Hall–Kier alpha value is -1.59. The van der Waals surface area contributed by atoms with Crippen LogP contribution in [0.3, 0.4) is 0 Å². The van der Waals surface area contributed by atoms with Crippen LogP contribution in [0, 0.1) is 0 Å². The van der Waals surface area contributed by atoms with Crippen LogP contribution in [0.2, 0.25) is 5.02 Å². The molecule has 1 aromatic rings. The van der Waals surface area contributed by atoms with E-state index in [-0.39, 0.29) is 12.5 Å². The minimum Gasteiger partial charge on any atom is -0.493 e. The summed E-state index contributed by atoms with van der Waals surface area (Å²) in [5.74, 6) is 0.544. The van der Waals surface area contributed by atoms with Gasteiger partial charge in [0.1, 0.15) is 5.75 Å². The molecule has 0 unspecified atom stereocenters. The quantitative estimate of drug-likeness (QED) is 0.593. The van der Waals surface area contributed by atoms with Crippen molar-refractivity contribution in [1.82, 2.24) is 10.7 Å². The lowest BCUT2D eigenvalue weighted by molar-refractivity contribution is -0.120. The van der Waals surface area contributed by atoms with Crippen LogP contribution >= 0.6 is 11.6 Å². The van der Waals surface area contributed by atoms with Crippen LogP contribution in [-0.4, -0.2) is 31.3 Å². The summed E-state index contributed by atoms with van der Waals surface area (Å²) in [7, 11) is 0. The topological polar surface area (TPSA) is 62.7 Å². The molecular weight excluding hydrogens is 314 g/mol. The van der Waals surface area contributed by atoms with E-state index in [4.69, 9.17) is 16.3 Å². The number of nitrogens with one attached hydrogen (secondary N) is 2. The number of rotatable bonds is 7. The largest absolute Gasteiger partial charge is 0.493 e. The number of hydrogen-bond acceptors (Lipinski definition) is 4. The third-order valence-electron chi connectivity index (χ3n) is 3.82. The van der Waals surface area contributed by atoms with Crippen LogP contribution in [0.25, 0.3) is 0 Å². The molecule has 1 amide bonds. The number of nitrogens with zero attached hydrogens (tertiary/aromatic N) is 1. The number of halogens is 1. The van der Waals surface area contributed by atoms with Gasteiger partial charge in [-0.1, -0.05) is 30.9 Å². The number of carbonyl (C=O) groups is 1. The molecule has 0 radical (unpaired) electrons. The number of ether oxygens (including phenoxy) is 1. The van der Waals surface area contributed by atoms with E-state index in [0.29, 0.717) is 23.4 Å². The lowest BCUT2D eigenvalue weighted by Crippen LogP contribution is -2.38. The van der Waals surface area contributed by atoms with Crippen LogP contribution in [-0.2, 0) is 4.79 Å². The molecule has 6 heteroatoms. The van der Waals surface area contributed by atoms with Crippen molar-refractivity contribution in [2.24, 2.45) is 5.10 Å². The summed E-state index contributed by atoms with van der Waals surface area (Å²) in [4.78, 5) is 11.8. The van der Waals surface area contributed by atoms with Gasteiger partial charge in [0.2, 0.25) is 0 Å². The molecule has 23 heavy (non-hydrogen) atoms. The monoisotopic (exact) mass is 337 g/mol. The molecule has 0 aliphatic heterocycles. The molecule has 2 N–H and O–H groups in total. The average Bonchev–Trinajstić information content (AvgIpc) is 2.56. The summed E-state index contributed by atoms with van der Waals surface area (Å²) < 4.78 is 5.50. The number of carbonyl (C=O) groups excluding carboxylic acids is 1. The molecule has 0 heterocycles. The fourth-order valence-corrected chi connectivity index (χ4v) is 2.84. The van der Waals surface area contributed by atoms with Gasteiger partial charge in [-0.05, 0) is 38.0 Å².